The zero-order valence-corrected chi connectivity index (χ0v) is 14.6. The SMILES string of the molecule is CCCNC(Cc1ncnn1CCC)C1C(C)(C)C1(C)C. The van der Waals surface area contributed by atoms with Crippen molar-refractivity contribution in [3.8, 4) is 0 Å². The summed E-state index contributed by atoms with van der Waals surface area (Å²) in [5, 5.41) is 8.14. The first-order valence-electron chi connectivity index (χ1n) is 8.46. The van der Waals surface area contributed by atoms with Gasteiger partial charge in [0.15, 0.2) is 0 Å². The van der Waals surface area contributed by atoms with E-state index in [1.807, 2.05) is 0 Å². The van der Waals surface area contributed by atoms with Crippen LogP contribution in [0.2, 0.25) is 0 Å². The van der Waals surface area contributed by atoms with Crippen LogP contribution in [0.15, 0.2) is 6.33 Å². The van der Waals surface area contributed by atoms with Crippen molar-refractivity contribution in [1.29, 1.82) is 0 Å². The molecule has 0 radical (unpaired) electrons. The van der Waals surface area contributed by atoms with Crippen molar-refractivity contribution in [2.45, 2.75) is 73.4 Å². The van der Waals surface area contributed by atoms with Crippen molar-refractivity contribution < 1.29 is 0 Å². The van der Waals surface area contributed by atoms with E-state index in [-0.39, 0.29) is 0 Å². The third-order valence-electron chi connectivity index (χ3n) is 5.72. The van der Waals surface area contributed by atoms with Gasteiger partial charge < -0.3 is 5.32 Å². The summed E-state index contributed by atoms with van der Waals surface area (Å²) in [4.78, 5) is 4.50. The average Bonchev–Trinajstić information content (AvgIpc) is 2.73. The fourth-order valence-electron chi connectivity index (χ4n) is 3.93. The van der Waals surface area contributed by atoms with Crippen LogP contribution >= 0.6 is 0 Å². The first-order valence-corrected chi connectivity index (χ1v) is 8.46. The van der Waals surface area contributed by atoms with E-state index in [9.17, 15) is 0 Å². The van der Waals surface area contributed by atoms with E-state index >= 15 is 0 Å². The highest BCUT2D eigenvalue weighted by molar-refractivity contribution is 5.17. The van der Waals surface area contributed by atoms with Gasteiger partial charge in [-0.3, -0.25) is 4.68 Å². The maximum absolute atomic E-state index is 4.50. The minimum absolute atomic E-state index is 0.397. The molecule has 1 aromatic rings. The van der Waals surface area contributed by atoms with Crippen LogP contribution in [0.3, 0.4) is 0 Å². The van der Waals surface area contributed by atoms with E-state index in [2.05, 4.69) is 61.6 Å². The van der Waals surface area contributed by atoms with Crippen LogP contribution in [0.5, 0.6) is 0 Å². The fourth-order valence-corrected chi connectivity index (χ4v) is 3.93. The molecule has 4 nitrogen and oxygen atoms in total. The summed E-state index contributed by atoms with van der Waals surface area (Å²) in [6.07, 6.45) is 4.96. The maximum atomic E-state index is 4.50. The largest absolute Gasteiger partial charge is 0.313 e. The Hall–Kier alpha value is -0.900. The molecular weight excluding hydrogens is 260 g/mol. The van der Waals surface area contributed by atoms with Crippen molar-refractivity contribution in [1.82, 2.24) is 20.1 Å². The number of hydrogen-bond acceptors (Lipinski definition) is 3. The molecule has 1 N–H and O–H groups in total. The van der Waals surface area contributed by atoms with E-state index in [0.717, 1.165) is 31.8 Å². The van der Waals surface area contributed by atoms with Crippen LogP contribution in [0.4, 0.5) is 0 Å². The Bertz CT molecular complexity index is 447. The van der Waals surface area contributed by atoms with Crippen molar-refractivity contribution in [3.63, 3.8) is 0 Å². The predicted octanol–water partition coefficient (Wildman–Crippen LogP) is 3.28. The van der Waals surface area contributed by atoms with Gasteiger partial charge in [-0.15, -0.1) is 0 Å². The van der Waals surface area contributed by atoms with Gasteiger partial charge in [-0.25, -0.2) is 4.98 Å². The highest BCUT2D eigenvalue weighted by atomic mass is 15.3. The molecule has 1 aliphatic carbocycles. The molecule has 0 spiro atoms. The summed E-state index contributed by atoms with van der Waals surface area (Å²) in [7, 11) is 0. The van der Waals surface area contributed by atoms with Crippen LogP contribution in [-0.4, -0.2) is 27.4 Å². The summed E-state index contributed by atoms with van der Waals surface area (Å²) in [5.41, 5.74) is 0.794. The van der Waals surface area contributed by atoms with Gasteiger partial charge in [-0.1, -0.05) is 41.5 Å². The summed E-state index contributed by atoms with van der Waals surface area (Å²) in [6.45, 7) is 16.1. The molecule has 1 unspecified atom stereocenters. The van der Waals surface area contributed by atoms with Crippen LogP contribution in [0, 0.1) is 16.7 Å². The van der Waals surface area contributed by atoms with E-state index in [4.69, 9.17) is 0 Å². The van der Waals surface area contributed by atoms with E-state index in [1.165, 1.54) is 6.42 Å². The number of rotatable bonds is 8. The minimum Gasteiger partial charge on any atom is -0.313 e. The van der Waals surface area contributed by atoms with Crippen molar-refractivity contribution >= 4 is 0 Å². The van der Waals surface area contributed by atoms with Gasteiger partial charge in [0.25, 0.3) is 0 Å². The minimum atomic E-state index is 0.397. The zero-order chi connectivity index (χ0) is 15.7. The average molecular weight is 292 g/mol. The molecule has 0 aromatic carbocycles. The van der Waals surface area contributed by atoms with Gasteiger partial charge >= 0.3 is 0 Å². The van der Waals surface area contributed by atoms with E-state index in [0.29, 0.717) is 22.8 Å². The molecule has 1 aliphatic rings. The summed E-state index contributed by atoms with van der Waals surface area (Å²) in [6, 6.07) is 0.495. The molecule has 0 aliphatic heterocycles. The molecule has 1 atom stereocenters. The van der Waals surface area contributed by atoms with Crippen molar-refractivity contribution in [2.24, 2.45) is 16.7 Å². The molecule has 0 bridgehead atoms. The van der Waals surface area contributed by atoms with Crippen molar-refractivity contribution in [3.05, 3.63) is 12.2 Å². The van der Waals surface area contributed by atoms with Crippen LogP contribution in [0.1, 0.15) is 60.2 Å². The molecule has 21 heavy (non-hydrogen) atoms. The zero-order valence-electron chi connectivity index (χ0n) is 14.6. The first kappa shape index (κ1) is 16.5. The fraction of sp³-hybridized carbons (Fsp3) is 0.882. The molecule has 1 heterocycles. The van der Waals surface area contributed by atoms with Gasteiger partial charge in [0, 0.05) is 19.0 Å². The quantitative estimate of drug-likeness (QED) is 0.799. The second-order valence-electron chi connectivity index (χ2n) is 7.59. The number of aryl methyl sites for hydroxylation is 1. The molecule has 4 heteroatoms. The molecule has 2 rings (SSSR count). The molecule has 0 amide bonds. The van der Waals surface area contributed by atoms with Gasteiger partial charge in [0.2, 0.25) is 0 Å². The number of nitrogens with zero attached hydrogens (tertiary/aromatic N) is 3. The molecule has 1 saturated carbocycles. The summed E-state index contributed by atoms with van der Waals surface area (Å²) < 4.78 is 2.07. The second-order valence-corrected chi connectivity index (χ2v) is 7.59. The Morgan fingerprint density at radius 1 is 1.19 bits per heavy atom. The Morgan fingerprint density at radius 3 is 2.38 bits per heavy atom. The topological polar surface area (TPSA) is 42.7 Å². The van der Waals surface area contributed by atoms with Crippen molar-refractivity contribution in [2.75, 3.05) is 6.54 Å². The monoisotopic (exact) mass is 292 g/mol. The smallest absolute Gasteiger partial charge is 0.138 e. The lowest BCUT2D eigenvalue weighted by molar-refractivity contribution is 0.382. The van der Waals surface area contributed by atoms with Gasteiger partial charge in [-0.2, -0.15) is 5.10 Å². The number of nitrogens with one attached hydrogen (secondary N) is 1. The second kappa shape index (κ2) is 6.07. The van der Waals surface area contributed by atoms with Gasteiger partial charge in [0.05, 0.1) is 0 Å². The lowest BCUT2D eigenvalue weighted by atomic mass is 10.0. The molecule has 0 saturated heterocycles. The maximum Gasteiger partial charge on any atom is 0.138 e. The Labute approximate surface area is 129 Å². The molecular formula is C17H32N4. The molecule has 120 valence electrons. The highest BCUT2D eigenvalue weighted by Gasteiger charge is 2.66. The Morgan fingerprint density at radius 2 is 1.86 bits per heavy atom. The molecule has 1 fully saturated rings. The first-order chi connectivity index (χ1) is 9.86. The van der Waals surface area contributed by atoms with Gasteiger partial charge in [0.1, 0.15) is 12.2 Å². The normalized spacial score (nSPS) is 21.4. The summed E-state index contributed by atoms with van der Waals surface area (Å²) >= 11 is 0. The van der Waals surface area contributed by atoms with E-state index < -0.39 is 0 Å². The highest BCUT2D eigenvalue weighted by Crippen LogP contribution is 2.69. The number of hydrogen-bond donors (Lipinski definition) is 1. The standard InChI is InChI=1S/C17H32N4/c1-7-9-18-13(15-16(3,4)17(15,5)6)11-14-19-12-20-21(14)10-8-2/h12-13,15,18H,7-11H2,1-6H3. The Kier molecular flexibility index (Phi) is 4.76. The van der Waals surface area contributed by atoms with Crippen LogP contribution in [-0.2, 0) is 13.0 Å². The predicted molar refractivity (Wildman–Crippen MR) is 87.2 cm³/mol. The molecule has 1 aromatic heterocycles. The van der Waals surface area contributed by atoms with Crippen LogP contribution < -0.4 is 5.32 Å². The lowest BCUT2D eigenvalue weighted by Crippen LogP contribution is -2.36. The lowest BCUT2D eigenvalue weighted by Gasteiger charge is -2.21. The van der Waals surface area contributed by atoms with Crippen LogP contribution in [0.25, 0.3) is 0 Å². The van der Waals surface area contributed by atoms with Gasteiger partial charge in [-0.05, 0) is 36.1 Å². The Balaban J connectivity index is 2.12. The third-order valence-corrected chi connectivity index (χ3v) is 5.72. The summed E-state index contributed by atoms with van der Waals surface area (Å²) in [5.74, 6) is 1.83. The number of aromatic nitrogens is 3. The van der Waals surface area contributed by atoms with E-state index in [1.54, 1.807) is 6.33 Å². The third kappa shape index (κ3) is 3.01.